The molecule has 1 saturated carbocycles. The average molecular weight is 1100 g/mol. The molecule has 0 spiro atoms. The van der Waals surface area contributed by atoms with Gasteiger partial charge in [-0.3, -0.25) is 4.79 Å². The molecule has 3 aliphatic rings. The third-order valence-electron chi connectivity index (χ3n) is 11.1. The Kier molecular flexibility index (Phi) is 24.1. The maximum absolute atomic E-state index is 14.1. The Bertz CT molecular complexity index is 1900. The molecule has 76 heavy (non-hydrogen) atoms. The smallest absolute Gasteiger partial charge is 0.408 e. The van der Waals surface area contributed by atoms with Crippen molar-refractivity contribution in [3.8, 4) is 0 Å². The van der Waals surface area contributed by atoms with E-state index in [2.05, 4.69) is 37.2 Å². The summed E-state index contributed by atoms with van der Waals surface area (Å²) < 4.78 is 53.2. The van der Waals surface area contributed by atoms with Crippen LogP contribution in [0.25, 0.3) is 0 Å². The topological polar surface area (TPSA) is 371 Å². The zero-order chi connectivity index (χ0) is 57.7. The predicted molar refractivity (Wildman–Crippen MR) is 269 cm³/mol. The highest BCUT2D eigenvalue weighted by atomic mass is 16.7. The molecule has 27 nitrogen and oxygen atoms in total. The average Bonchev–Trinajstić information content (AvgIpc) is 3.23. The zero-order valence-electron chi connectivity index (χ0n) is 46.8. The van der Waals surface area contributed by atoms with Crippen LogP contribution in [-0.2, 0) is 47.4 Å². The molecule has 0 aromatic carbocycles. The van der Waals surface area contributed by atoms with Gasteiger partial charge in [-0.1, -0.05) is 0 Å². The predicted octanol–water partition coefficient (Wildman–Crippen LogP) is 1.02. The molecule has 2 saturated heterocycles. The molecule has 6 unspecified atom stereocenters. The van der Waals surface area contributed by atoms with Gasteiger partial charge < -0.3 is 105 Å². The van der Waals surface area contributed by atoms with Gasteiger partial charge in [0, 0.05) is 19.6 Å². The fourth-order valence-electron chi connectivity index (χ4n) is 8.19. The number of hydrogen-bond donors (Lipinski definition) is 12. The van der Waals surface area contributed by atoms with Crippen molar-refractivity contribution in [1.82, 2.24) is 37.2 Å². The van der Waals surface area contributed by atoms with Crippen LogP contribution < -0.4 is 37.2 Å². The Morgan fingerprint density at radius 3 is 1.50 bits per heavy atom. The van der Waals surface area contributed by atoms with Crippen molar-refractivity contribution in [2.24, 2.45) is 0 Å². The Balaban J connectivity index is 2.22. The first-order valence-electron chi connectivity index (χ1n) is 25.7. The van der Waals surface area contributed by atoms with Crippen LogP contribution in [0.5, 0.6) is 0 Å². The van der Waals surface area contributed by atoms with Crippen LogP contribution in [0.2, 0.25) is 0 Å². The summed E-state index contributed by atoms with van der Waals surface area (Å²) in [5.41, 5.74) is -4.62. The number of alkyl carbamates (subject to hydrolysis) is 5. The van der Waals surface area contributed by atoms with Crippen LogP contribution in [0.4, 0.5) is 24.0 Å². The number of ether oxygens (including phenoxy) is 9. The Hall–Kier alpha value is -4.58. The van der Waals surface area contributed by atoms with Gasteiger partial charge in [-0.05, 0) is 130 Å². The first kappa shape index (κ1) is 65.7. The molecular formula is C49H89N7O20. The van der Waals surface area contributed by atoms with E-state index in [4.69, 9.17) is 42.6 Å². The second-order valence-corrected chi connectivity index (χ2v) is 24.0. The van der Waals surface area contributed by atoms with Gasteiger partial charge in [0.2, 0.25) is 5.91 Å². The summed E-state index contributed by atoms with van der Waals surface area (Å²) in [6.45, 7) is 22.9. The number of carbonyl (C=O) groups is 6. The second kappa shape index (κ2) is 27.8. The zero-order valence-corrected chi connectivity index (χ0v) is 46.8. The Morgan fingerprint density at radius 1 is 0.539 bits per heavy atom. The lowest BCUT2D eigenvalue weighted by molar-refractivity contribution is -0.306. The van der Waals surface area contributed by atoms with E-state index in [0.717, 1.165) is 0 Å². The molecular weight excluding hydrogens is 1010 g/mol. The van der Waals surface area contributed by atoms with Crippen LogP contribution in [-0.4, -0.2) is 208 Å². The maximum atomic E-state index is 14.1. The number of amides is 6. The number of rotatable bonds is 18. The Labute approximate surface area is 445 Å². The van der Waals surface area contributed by atoms with Gasteiger partial charge in [0.25, 0.3) is 0 Å². The van der Waals surface area contributed by atoms with E-state index in [1.54, 1.807) is 104 Å². The summed E-state index contributed by atoms with van der Waals surface area (Å²) in [6, 6.07) is -6.45. The normalized spacial score (nSPS) is 28.9. The summed E-state index contributed by atoms with van der Waals surface area (Å²) in [7, 11) is 0. The van der Waals surface area contributed by atoms with Gasteiger partial charge in [-0.2, -0.15) is 0 Å². The molecule has 2 heterocycles. The lowest BCUT2D eigenvalue weighted by Crippen LogP contribution is -2.73. The summed E-state index contributed by atoms with van der Waals surface area (Å²) in [5, 5.41) is 74.2. The quantitative estimate of drug-likeness (QED) is 0.0853. The van der Waals surface area contributed by atoms with Crippen molar-refractivity contribution in [2.45, 2.75) is 243 Å². The molecule has 12 N–H and O–H groups in total. The number of hydrogen-bond acceptors (Lipinski definition) is 21. The van der Waals surface area contributed by atoms with Crippen molar-refractivity contribution in [1.29, 1.82) is 0 Å². The van der Waals surface area contributed by atoms with E-state index >= 15 is 0 Å². The van der Waals surface area contributed by atoms with Crippen molar-refractivity contribution < 1.29 is 96.9 Å². The van der Waals surface area contributed by atoms with E-state index in [1.165, 1.54) is 0 Å². The lowest BCUT2D eigenvalue weighted by Gasteiger charge is -2.51. The highest BCUT2D eigenvalue weighted by Gasteiger charge is 2.54. The maximum Gasteiger partial charge on any atom is 0.408 e. The molecule has 6 amide bonds. The molecule has 0 bridgehead atoms. The molecule has 1 aliphatic carbocycles. The molecule has 3 rings (SSSR count). The molecule has 0 radical (unpaired) electrons. The van der Waals surface area contributed by atoms with E-state index in [-0.39, 0.29) is 45.3 Å². The summed E-state index contributed by atoms with van der Waals surface area (Å²) >= 11 is 0. The third kappa shape index (κ3) is 23.2. The van der Waals surface area contributed by atoms with E-state index in [1.807, 2.05) is 0 Å². The highest BCUT2D eigenvalue weighted by Crippen LogP contribution is 2.34. The van der Waals surface area contributed by atoms with Crippen LogP contribution in [0.3, 0.4) is 0 Å². The van der Waals surface area contributed by atoms with Gasteiger partial charge in [-0.15, -0.1) is 0 Å². The van der Waals surface area contributed by atoms with Gasteiger partial charge in [-0.25, -0.2) is 24.0 Å². The summed E-state index contributed by atoms with van der Waals surface area (Å²) in [6.07, 6.45) is -18.4. The number of carbonyl (C=O) groups excluding carboxylic acids is 6. The fourth-order valence-corrected chi connectivity index (χ4v) is 8.19. The fraction of sp³-hybridized carbons (Fsp3) is 0.878. The van der Waals surface area contributed by atoms with Gasteiger partial charge >= 0.3 is 30.5 Å². The SMILES string of the molecule is CC(C)(C)OC(=O)NCC[C@H](O)C(=O)N[C@@H]1C[C@@H](NC(=O)OC(C)(C)C)C(O[C@H]2OC(CNC(=O)OC(C)(C)C)CCC2NC(=O)OC(C)(C)C)C(NCCO)[C@H]1O[C@H]1OC(CO)[C@@H](O)[C@H](NC(=O)OC(C)(C)C)C1O. The molecule has 0 aromatic rings. The molecule has 3 fully saturated rings. The van der Waals surface area contributed by atoms with Gasteiger partial charge in [0.05, 0.1) is 61.7 Å². The largest absolute Gasteiger partial charge is 0.444 e. The minimum Gasteiger partial charge on any atom is -0.444 e. The minimum absolute atomic E-state index is 0.0763. The van der Waals surface area contributed by atoms with Crippen LogP contribution >= 0.6 is 0 Å². The van der Waals surface area contributed by atoms with Crippen LogP contribution in [0.1, 0.15) is 130 Å². The van der Waals surface area contributed by atoms with E-state index in [9.17, 15) is 54.3 Å². The minimum atomic E-state index is -1.93. The summed E-state index contributed by atoms with van der Waals surface area (Å²) in [5.74, 6) is -0.989. The van der Waals surface area contributed by atoms with E-state index < -0.39 is 163 Å². The molecule has 2 aliphatic heterocycles. The van der Waals surface area contributed by atoms with Crippen LogP contribution in [0, 0.1) is 0 Å². The standard InChI is InChI=1S/C49H89N7O20/c1-45(2,3)72-40(63)51-19-18-29(59)37(62)53-27-22-28(55-43(66)75-48(10,11)12)36(70-38-26(54-42(65)74-47(7,8)9)17-16-25(68-38)23-52-41(64)73-46(4,5)6)32(50-20-21-57)35(27)71-39-34(61)31(33(60)30(24-58)69-39)56-44(67)76-49(13,14)15/h25-36,38-39,50,57-61H,16-24H2,1-15H3,(H,51,63)(H,52,64)(H,53,62)(H,54,65)(H,55,66)(H,56,67)/t25?,26?,27-,28-,29+,30?,31+,32?,33-,34?,35+,36?,38-,39-/m1/s1. The second-order valence-electron chi connectivity index (χ2n) is 24.0. The molecule has 27 heteroatoms. The summed E-state index contributed by atoms with van der Waals surface area (Å²) in [4.78, 5) is 79.5. The number of aliphatic hydroxyl groups is 5. The number of aliphatic hydroxyl groups excluding tert-OH is 5. The lowest BCUT2D eigenvalue weighted by atomic mass is 9.81. The van der Waals surface area contributed by atoms with Crippen molar-refractivity contribution in [3.63, 3.8) is 0 Å². The van der Waals surface area contributed by atoms with E-state index in [0.29, 0.717) is 0 Å². The Morgan fingerprint density at radius 2 is 1.00 bits per heavy atom. The first-order chi connectivity index (χ1) is 34.9. The number of nitrogens with one attached hydrogen (secondary N) is 7. The third-order valence-corrected chi connectivity index (χ3v) is 11.1. The van der Waals surface area contributed by atoms with Gasteiger partial charge in [0.1, 0.15) is 52.4 Å². The first-order valence-corrected chi connectivity index (χ1v) is 25.7. The molecule has 14 atom stereocenters. The van der Waals surface area contributed by atoms with Crippen molar-refractivity contribution in [2.75, 3.05) is 32.8 Å². The molecule has 0 aromatic heterocycles. The van der Waals surface area contributed by atoms with Crippen molar-refractivity contribution >= 4 is 36.4 Å². The monoisotopic (exact) mass is 1100 g/mol. The van der Waals surface area contributed by atoms with Crippen LogP contribution in [0.15, 0.2) is 0 Å². The highest BCUT2D eigenvalue weighted by molar-refractivity contribution is 5.81. The van der Waals surface area contributed by atoms with Gasteiger partial charge in [0.15, 0.2) is 12.6 Å². The van der Waals surface area contributed by atoms with Crippen molar-refractivity contribution in [3.05, 3.63) is 0 Å². The molecule has 440 valence electrons.